The Morgan fingerprint density at radius 3 is 2.82 bits per heavy atom. The molecular weight excluding hydrogens is 220 g/mol. The van der Waals surface area contributed by atoms with Crippen LogP contribution >= 0.6 is 0 Å². The van der Waals surface area contributed by atoms with Crippen LogP contribution in [-0.4, -0.2) is 15.2 Å². The number of nitrogens with zero attached hydrogens (tertiary/aromatic N) is 2. The summed E-state index contributed by atoms with van der Waals surface area (Å²) in [4.78, 5) is 4.19. The highest BCUT2D eigenvalue weighted by atomic mass is 16.5. The number of ether oxygens (including phenoxy) is 1. The molecule has 0 amide bonds. The summed E-state index contributed by atoms with van der Waals surface area (Å²) in [6, 6.07) is 5.43. The molecule has 5 nitrogen and oxygen atoms in total. The molecule has 0 radical (unpaired) electrons. The van der Waals surface area contributed by atoms with E-state index in [1.807, 2.05) is 19.9 Å². The zero-order chi connectivity index (χ0) is 12.3. The van der Waals surface area contributed by atoms with Crippen molar-refractivity contribution in [2.75, 3.05) is 0 Å². The number of aliphatic hydroxyl groups is 1. The Labute approximate surface area is 99.0 Å². The molecule has 90 valence electrons. The van der Waals surface area contributed by atoms with Crippen molar-refractivity contribution in [3.63, 3.8) is 0 Å². The van der Waals surface area contributed by atoms with Crippen molar-refractivity contribution in [1.29, 1.82) is 0 Å². The summed E-state index contributed by atoms with van der Waals surface area (Å²) in [7, 11) is 0. The minimum Gasteiger partial charge on any atom is -0.485 e. The molecule has 0 unspecified atom stereocenters. The number of hydrogen-bond acceptors (Lipinski definition) is 5. The molecule has 2 aromatic heterocycles. The van der Waals surface area contributed by atoms with Gasteiger partial charge in [0.1, 0.15) is 29.5 Å². The Morgan fingerprint density at radius 2 is 2.18 bits per heavy atom. The number of aromatic nitrogens is 2. The molecule has 0 saturated heterocycles. The van der Waals surface area contributed by atoms with Crippen LogP contribution < -0.4 is 4.74 Å². The summed E-state index contributed by atoms with van der Waals surface area (Å²) < 4.78 is 10.5. The van der Waals surface area contributed by atoms with Gasteiger partial charge >= 0.3 is 0 Å². The summed E-state index contributed by atoms with van der Waals surface area (Å²) in [6.07, 6.45) is 0. The van der Waals surface area contributed by atoms with E-state index in [1.165, 1.54) is 0 Å². The second-order valence-electron chi connectivity index (χ2n) is 3.77. The summed E-state index contributed by atoms with van der Waals surface area (Å²) in [5.74, 6) is 1.31. The van der Waals surface area contributed by atoms with Crippen LogP contribution in [0.15, 0.2) is 22.7 Å². The van der Waals surface area contributed by atoms with Crippen LogP contribution in [0.5, 0.6) is 5.75 Å². The van der Waals surface area contributed by atoms with E-state index < -0.39 is 0 Å². The van der Waals surface area contributed by atoms with Crippen molar-refractivity contribution >= 4 is 0 Å². The lowest BCUT2D eigenvalue weighted by Crippen LogP contribution is -2.01. The second kappa shape index (κ2) is 4.97. The standard InChI is InChI=1S/C12H14N2O3/c1-8-3-4-12(11(6-15)13-8)16-7-10-5-9(2)17-14-10/h3-5,15H,6-7H2,1-2H3. The maximum atomic E-state index is 9.17. The first-order valence-corrected chi connectivity index (χ1v) is 5.31. The van der Waals surface area contributed by atoms with E-state index in [4.69, 9.17) is 14.4 Å². The molecule has 0 spiro atoms. The molecular formula is C12H14N2O3. The van der Waals surface area contributed by atoms with Crippen molar-refractivity contribution in [2.45, 2.75) is 27.1 Å². The third-order valence-corrected chi connectivity index (χ3v) is 2.27. The summed E-state index contributed by atoms with van der Waals surface area (Å²) >= 11 is 0. The third-order valence-electron chi connectivity index (χ3n) is 2.27. The minimum atomic E-state index is -0.144. The molecule has 0 saturated carbocycles. The summed E-state index contributed by atoms with van der Waals surface area (Å²) in [5, 5.41) is 13.0. The Kier molecular flexibility index (Phi) is 3.39. The molecule has 2 rings (SSSR count). The maximum absolute atomic E-state index is 9.17. The van der Waals surface area contributed by atoms with Crippen LogP contribution in [0.4, 0.5) is 0 Å². The molecule has 0 aliphatic heterocycles. The zero-order valence-electron chi connectivity index (χ0n) is 9.80. The number of hydrogen-bond donors (Lipinski definition) is 1. The van der Waals surface area contributed by atoms with E-state index in [1.54, 1.807) is 12.1 Å². The fourth-order valence-electron chi connectivity index (χ4n) is 1.48. The molecule has 2 aromatic rings. The van der Waals surface area contributed by atoms with Crippen LogP contribution in [0.25, 0.3) is 0 Å². The smallest absolute Gasteiger partial charge is 0.143 e. The van der Waals surface area contributed by atoms with Crippen LogP contribution in [0.1, 0.15) is 22.8 Å². The third kappa shape index (κ3) is 2.82. The van der Waals surface area contributed by atoms with Gasteiger partial charge in [0, 0.05) is 11.8 Å². The van der Waals surface area contributed by atoms with E-state index in [0.717, 1.165) is 11.5 Å². The number of aryl methyl sites for hydroxylation is 2. The molecule has 0 aliphatic carbocycles. The monoisotopic (exact) mass is 234 g/mol. The first kappa shape index (κ1) is 11.6. The van der Waals surface area contributed by atoms with E-state index in [9.17, 15) is 0 Å². The van der Waals surface area contributed by atoms with Gasteiger partial charge in [0.2, 0.25) is 0 Å². The van der Waals surface area contributed by atoms with Crippen LogP contribution in [0, 0.1) is 13.8 Å². The minimum absolute atomic E-state index is 0.144. The van der Waals surface area contributed by atoms with E-state index in [2.05, 4.69) is 10.1 Å². The SMILES string of the molecule is Cc1ccc(OCc2cc(C)on2)c(CO)n1. The molecule has 1 N–H and O–H groups in total. The first-order valence-electron chi connectivity index (χ1n) is 5.31. The fourth-order valence-corrected chi connectivity index (χ4v) is 1.48. The predicted molar refractivity (Wildman–Crippen MR) is 60.5 cm³/mol. The van der Waals surface area contributed by atoms with Gasteiger partial charge in [-0.15, -0.1) is 0 Å². The number of pyridine rings is 1. The van der Waals surface area contributed by atoms with Crippen LogP contribution in [0.3, 0.4) is 0 Å². The van der Waals surface area contributed by atoms with Gasteiger partial charge in [-0.25, -0.2) is 0 Å². The van der Waals surface area contributed by atoms with E-state index in [0.29, 0.717) is 23.7 Å². The highest BCUT2D eigenvalue weighted by molar-refractivity contribution is 5.28. The summed E-state index contributed by atoms with van der Waals surface area (Å²) in [6.45, 7) is 3.84. The molecule has 0 fully saturated rings. The Morgan fingerprint density at radius 1 is 1.35 bits per heavy atom. The molecule has 0 aliphatic rings. The lowest BCUT2D eigenvalue weighted by molar-refractivity contribution is 0.248. The zero-order valence-corrected chi connectivity index (χ0v) is 9.80. The van der Waals surface area contributed by atoms with Gasteiger partial charge in [-0.05, 0) is 26.0 Å². The fraction of sp³-hybridized carbons (Fsp3) is 0.333. The highest BCUT2D eigenvalue weighted by Gasteiger charge is 2.07. The molecule has 0 atom stereocenters. The topological polar surface area (TPSA) is 68.4 Å². The molecule has 0 bridgehead atoms. The largest absolute Gasteiger partial charge is 0.485 e. The van der Waals surface area contributed by atoms with E-state index in [-0.39, 0.29) is 6.61 Å². The normalized spacial score (nSPS) is 10.5. The van der Waals surface area contributed by atoms with Gasteiger partial charge in [-0.2, -0.15) is 0 Å². The molecule has 5 heteroatoms. The van der Waals surface area contributed by atoms with Gasteiger partial charge in [0.15, 0.2) is 0 Å². The van der Waals surface area contributed by atoms with Crippen LogP contribution in [-0.2, 0) is 13.2 Å². The molecule has 0 aromatic carbocycles. The number of aliphatic hydroxyl groups excluding tert-OH is 1. The van der Waals surface area contributed by atoms with Crippen molar-refractivity contribution in [3.8, 4) is 5.75 Å². The summed E-state index contributed by atoms with van der Waals surface area (Å²) in [5.41, 5.74) is 2.09. The average molecular weight is 234 g/mol. The van der Waals surface area contributed by atoms with Crippen molar-refractivity contribution in [2.24, 2.45) is 0 Å². The van der Waals surface area contributed by atoms with Gasteiger partial charge in [0.05, 0.1) is 6.61 Å². The van der Waals surface area contributed by atoms with Crippen molar-refractivity contribution in [1.82, 2.24) is 10.1 Å². The lowest BCUT2D eigenvalue weighted by atomic mass is 10.3. The average Bonchev–Trinajstić information content (AvgIpc) is 2.73. The quantitative estimate of drug-likeness (QED) is 0.872. The van der Waals surface area contributed by atoms with Crippen molar-refractivity contribution in [3.05, 3.63) is 41.0 Å². The predicted octanol–water partition coefficient (Wildman–Crippen LogP) is 1.76. The van der Waals surface area contributed by atoms with Gasteiger partial charge in [-0.1, -0.05) is 5.16 Å². The second-order valence-corrected chi connectivity index (χ2v) is 3.77. The number of rotatable bonds is 4. The van der Waals surface area contributed by atoms with Gasteiger partial charge < -0.3 is 14.4 Å². The molecule has 2 heterocycles. The van der Waals surface area contributed by atoms with Crippen LogP contribution in [0.2, 0.25) is 0 Å². The Hall–Kier alpha value is -1.88. The first-order chi connectivity index (χ1) is 8.19. The molecule has 17 heavy (non-hydrogen) atoms. The lowest BCUT2D eigenvalue weighted by Gasteiger charge is -2.08. The Balaban J connectivity index is 2.08. The highest BCUT2D eigenvalue weighted by Crippen LogP contribution is 2.18. The Bertz CT molecular complexity index is 508. The van der Waals surface area contributed by atoms with Gasteiger partial charge in [0.25, 0.3) is 0 Å². The van der Waals surface area contributed by atoms with E-state index >= 15 is 0 Å². The van der Waals surface area contributed by atoms with Gasteiger partial charge in [-0.3, -0.25) is 4.98 Å². The maximum Gasteiger partial charge on any atom is 0.143 e. The van der Waals surface area contributed by atoms with Crippen molar-refractivity contribution < 1.29 is 14.4 Å².